The van der Waals surface area contributed by atoms with Crippen molar-refractivity contribution in [2.24, 2.45) is 35.0 Å². The quantitative estimate of drug-likeness (QED) is 0.0897. The normalized spacial score (nSPS) is 28.0. The molecule has 3 aliphatic carbocycles. The predicted molar refractivity (Wildman–Crippen MR) is 181 cm³/mol. The molecule has 250 valence electrons. The molecule has 4 rings (SSSR count). The van der Waals surface area contributed by atoms with E-state index in [1.807, 2.05) is 6.08 Å². The predicted octanol–water partition coefficient (Wildman–Crippen LogP) is 5.24. The minimum absolute atomic E-state index is 0.0307. The topological polar surface area (TPSA) is 107 Å². The van der Waals surface area contributed by atoms with Crippen LogP contribution in [0.4, 0.5) is 0 Å². The molecule has 0 aromatic carbocycles. The molecule has 44 heavy (non-hydrogen) atoms. The zero-order chi connectivity index (χ0) is 32.7. The number of amides is 1. The van der Waals surface area contributed by atoms with E-state index >= 15 is 0 Å². The molecule has 4 N–H and O–H groups in total. The summed E-state index contributed by atoms with van der Waals surface area (Å²) in [5.74, 6) is 2.36. The maximum absolute atomic E-state index is 13.9. The van der Waals surface area contributed by atoms with Gasteiger partial charge in [0.25, 0.3) is 0 Å². The number of nitrogens with zero attached hydrogens (tertiary/aromatic N) is 1. The highest BCUT2D eigenvalue weighted by Gasteiger charge is 2.68. The molecule has 0 unspecified atom stereocenters. The standard InChI is InChI=1S/C35H64BN5O3/c1-23(2)15-27(19-37)22-38-14-12-11-13-29(40-21-26(7)39-20-25(5)6)33(42)41-32(16-24(3)4)36-43-31-18-28-17-30(34(28,8)9)35(31,10)44-36/h15,23-26,28-32,38-40H,11-14,16-18,20-22H2,1-10H3,(H,41,42)/t26-,28-,29-,30-,31+,32-,35-/m0/s1. The summed E-state index contributed by atoms with van der Waals surface area (Å²) in [6.45, 7) is 25.2. The lowest BCUT2D eigenvalue weighted by atomic mass is 9.43. The highest BCUT2D eigenvalue weighted by atomic mass is 16.7. The number of carbonyl (C=O) groups is 1. The van der Waals surface area contributed by atoms with Gasteiger partial charge in [-0.3, -0.25) is 4.79 Å². The van der Waals surface area contributed by atoms with E-state index in [1.165, 1.54) is 6.42 Å². The minimum atomic E-state index is -0.420. The second-order valence-electron chi connectivity index (χ2n) is 16.0. The number of nitrogens with one attached hydrogen (secondary N) is 4. The second kappa shape index (κ2) is 16.4. The van der Waals surface area contributed by atoms with E-state index in [4.69, 9.17) is 9.31 Å². The van der Waals surface area contributed by atoms with Crippen LogP contribution in [0.25, 0.3) is 0 Å². The molecule has 1 heterocycles. The van der Waals surface area contributed by atoms with Gasteiger partial charge in [0.05, 0.1) is 29.8 Å². The zero-order valence-electron chi connectivity index (χ0n) is 29.6. The van der Waals surface area contributed by atoms with Crippen LogP contribution in [0.1, 0.15) is 108 Å². The lowest BCUT2D eigenvalue weighted by molar-refractivity contribution is -0.199. The van der Waals surface area contributed by atoms with E-state index in [2.05, 4.69) is 96.6 Å². The molecule has 3 saturated carbocycles. The van der Waals surface area contributed by atoms with Gasteiger partial charge >= 0.3 is 7.12 Å². The fraction of sp³-hybridized carbons (Fsp3) is 0.886. The molecule has 2 bridgehead atoms. The maximum Gasteiger partial charge on any atom is 0.481 e. The Morgan fingerprint density at radius 3 is 2.36 bits per heavy atom. The van der Waals surface area contributed by atoms with Crippen molar-refractivity contribution in [3.63, 3.8) is 0 Å². The van der Waals surface area contributed by atoms with E-state index in [-0.39, 0.29) is 41.1 Å². The summed E-state index contributed by atoms with van der Waals surface area (Å²) >= 11 is 0. The van der Waals surface area contributed by atoms with Gasteiger partial charge in [-0.1, -0.05) is 67.9 Å². The molecule has 1 aliphatic heterocycles. The van der Waals surface area contributed by atoms with Crippen molar-refractivity contribution in [2.45, 2.75) is 137 Å². The highest BCUT2D eigenvalue weighted by Crippen LogP contribution is 2.65. The third kappa shape index (κ3) is 9.78. The number of hydrogen-bond donors (Lipinski definition) is 4. The van der Waals surface area contributed by atoms with Crippen LogP contribution in [-0.2, 0) is 14.1 Å². The maximum atomic E-state index is 13.9. The first-order chi connectivity index (χ1) is 20.7. The number of carbonyl (C=O) groups excluding carboxylic acids is 1. The van der Waals surface area contributed by atoms with Gasteiger partial charge < -0.3 is 30.6 Å². The highest BCUT2D eigenvalue weighted by molar-refractivity contribution is 6.47. The van der Waals surface area contributed by atoms with Gasteiger partial charge in [0.2, 0.25) is 5.91 Å². The fourth-order valence-electron chi connectivity index (χ4n) is 7.61. The summed E-state index contributed by atoms with van der Waals surface area (Å²) in [6.07, 6.45) is 7.77. The monoisotopic (exact) mass is 614 g/mol. The van der Waals surface area contributed by atoms with Crippen molar-refractivity contribution >= 4 is 13.0 Å². The Labute approximate surface area is 269 Å². The summed E-state index contributed by atoms with van der Waals surface area (Å²) in [5, 5.41) is 23.3. The summed E-state index contributed by atoms with van der Waals surface area (Å²) in [5.41, 5.74) is 0.774. The van der Waals surface area contributed by atoms with E-state index in [0.29, 0.717) is 36.1 Å². The third-order valence-electron chi connectivity index (χ3n) is 10.3. The molecule has 1 amide bonds. The summed E-state index contributed by atoms with van der Waals surface area (Å²) in [7, 11) is -0.420. The van der Waals surface area contributed by atoms with Gasteiger partial charge in [0, 0.05) is 24.7 Å². The molecule has 0 radical (unpaired) electrons. The van der Waals surface area contributed by atoms with Crippen LogP contribution >= 0.6 is 0 Å². The average Bonchev–Trinajstić information content (AvgIpc) is 3.30. The van der Waals surface area contributed by atoms with Crippen LogP contribution in [0.2, 0.25) is 0 Å². The Morgan fingerprint density at radius 1 is 1.02 bits per heavy atom. The Morgan fingerprint density at radius 2 is 1.75 bits per heavy atom. The number of nitriles is 1. The van der Waals surface area contributed by atoms with E-state index in [0.717, 1.165) is 57.3 Å². The number of rotatable bonds is 19. The van der Waals surface area contributed by atoms with Crippen molar-refractivity contribution < 1.29 is 14.1 Å². The molecule has 7 atom stereocenters. The van der Waals surface area contributed by atoms with Gasteiger partial charge in [-0.2, -0.15) is 5.26 Å². The molecule has 9 heteroatoms. The molecule has 4 aliphatic rings. The van der Waals surface area contributed by atoms with Crippen LogP contribution in [0, 0.1) is 46.3 Å². The molecule has 0 spiro atoms. The van der Waals surface area contributed by atoms with E-state index in [9.17, 15) is 10.1 Å². The number of allylic oxidation sites excluding steroid dienone is 1. The molecule has 1 saturated heterocycles. The molecule has 8 nitrogen and oxygen atoms in total. The van der Waals surface area contributed by atoms with Crippen LogP contribution < -0.4 is 21.3 Å². The lowest BCUT2D eigenvalue weighted by Crippen LogP contribution is -2.65. The minimum Gasteiger partial charge on any atom is -0.404 e. The van der Waals surface area contributed by atoms with Gasteiger partial charge in [0.1, 0.15) is 0 Å². The smallest absolute Gasteiger partial charge is 0.404 e. The average molecular weight is 614 g/mol. The molecular weight excluding hydrogens is 549 g/mol. The first-order valence-electron chi connectivity index (χ1n) is 17.6. The molecule has 4 fully saturated rings. The molecular formula is C35H64BN5O3. The Balaban J connectivity index is 1.61. The number of hydrogen-bond acceptors (Lipinski definition) is 7. The van der Waals surface area contributed by atoms with Crippen molar-refractivity contribution in [1.82, 2.24) is 21.3 Å². The van der Waals surface area contributed by atoms with E-state index < -0.39 is 7.12 Å². The van der Waals surface area contributed by atoms with Gasteiger partial charge in [-0.15, -0.1) is 0 Å². The first-order valence-corrected chi connectivity index (χ1v) is 17.6. The molecule has 0 aromatic heterocycles. The SMILES string of the molecule is CC(C)C=C(C#N)CNCCCC[C@H](NC[C@H](C)NCC(C)C)C(=O)N[C@@H](CC(C)C)B1O[C@@H]2C[C@@H]3C[C@@H](C3(C)C)[C@]2(C)O1. The van der Waals surface area contributed by atoms with Crippen LogP contribution in [-0.4, -0.2) is 68.9 Å². The molecule has 0 aromatic rings. The van der Waals surface area contributed by atoms with Crippen LogP contribution in [0.5, 0.6) is 0 Å². The number of unbranched alkanes of at least 4 members (excludes halogenated alkanes) is 1. The Hall–Kier alpha value is -1.44. The second-order valence-corrected chi connectivity index (χ2v) is 16.0. The third-order valence-corrected chi connectivity index (χ3v) is 10.3. The largest absolute Gasteiger partial charge is 0.481 e. The lowest BCUT2D eigenvalue weighted by Gasteiger charge is -2.64. The summed E-state index contributed by atoms with van der Waals surface area (Å²) in [6, 6.07) is 2.26. The fourth-order valence-corrected chi connectivity index (χ4v) is 7.61. The summed E-state index contributed by atoms with van der Waals surface area (Å²) < 4.78 is 13.4. The van der Waals surface area contributed by atoms with Crippen molar-refractivity contribution in [3.05, 3.63) is 11.6 Å². The Kier molecular flexibility index (Phi) is 13.8. The van der Waals surface area contributed by atoms with Crippen LogP contribution in [0.15, 0.2) is 11.6 Å². The van der Waals surface area contributed by atoms with Crippen molar-refractivity contribution in [3.8, 4) is 6.07 Å². The van der Waals surface area contributed by atoms with Gasteiger partial charge in [0.15, 0.2) is 0 Å². The van der Waals surface area contributed by atoms with Crippen LogP contribution in [0.3, 0.4) is 0 Å². The zero-order valence-corrected chi connectivity index (χ0v) is 29.6. The Bertz CT molecular complexity index is 995. The first kappa shape index (κ1) is 37.0. The van der Waals surface area contributed by atoms with Gasteiger partial charge in [-0.05, 0) is 94.0 Å². The van der Waals surface area contributed by atoms with Gasteiger partial charge in [-0.25, -0.2) is 0 Å². The summed E-state index contributed by atoms with van der Waals surface area (Å²) in [4.78, 5) is 13.9. The van der Waals surface area contributed by atoms with E-state index in [1.54, 1.807) is 0 Å². The van der Waals surface area contributed by atoms with Crippen molar-refractivity contribution in [1.29, 1.82) is 5.26 Å². The van der Waals surface area contributed by atoms with Crippen molar-refractivity contribution in [2.75, 3.05) is 26.2 Å².